The minimum atomic E-state index is -0.882. The third kappa shape index (κ3) is 20.7. The third-order valence-corrected chi connectivity index (χ3v) is 9.27. The lowest BCUT2D eigenvalue weighted by molar-refractivity contribution is 0.0395. The molecule has 0 spiro atoms. The van der Waals surface area contributed by atoms with E-state index >= 15 is 0 Å². The second-order valence-corrected chi connectivity index (χ2v) is 21.1. The molecule has 0 bridgehead atoms. The van der Waals surface area contributed by atoms with Crippen LogP contribution in [0.4, 0.5) is 0 Å². The summed E-state index contributed by atoms with van der Waals surface area (Å²) in [5.41, 5.74) is -0.483. The molecule has 4 unspecified atom stereocenters. The third-order valence-electron chi connectivity index (χ3n) is 9.27. The summed E-state index contributed by atoms with van der Waals surface area (Å²) in [7, 11) is 0. The summed E-state index contributed by atoms with van der Waals surface area (Å²) < 4.78 is 23.0. The van der Waals surface area contributed by atoms with Crippen molar-refractivity contribution in [2.75, 3.05) is 26.4 Å². The van der Waals surface area contributed by atoms with E-state index in [1.54, 1.807) is 0 Å². The van der Waals surface area contributed by atoms with Gasteiger partial charge in [-0.15, -0.1) is 0 Å². The Hall–Kier alpha value is -2.90. The summed E-state index contributed by atoms with van der Waals surface area (Å²) in [5, 5.41) is 0. The van der Waals surface area contributed by atoms with Crippen molar-refractivity contribution in [2.45, 2.75) is 162 Å². The van der Waals surface area contributed by atoms with Crippen molar-refractivity contribution < 1.29 is 38.1 Å². The highest BCUT2D eigenvalue weighted by atomic mass is 16.5. The van der Waals surface area contributed by atoms with Crippen LogP contribution in [0.15, 0.2) is 12.1 Å². The maximum atomic E-state index is 14.1. The van der Waals surface area contributed by atoms with E-state index in [-0.39, 0.29) is 82.2 Å². The summed E-state index contributed by atoms with van der Waals surface area (Å²) in [6.45, 7) is 34.8. The average Bonchev–Trinajstić information content (AvgIpc) is 2.96. The molecule has 0 aliphatic carbocycles. The van der Waals surface area contributed by atoms with Gasteiger partial charge in [-0.2, -0.15) is 0 Å². The van der Waals surface area contributed by atoms with E-state index in [0.29, 0.717) is 37.5 Å². The molecule has 0 amide bonds. The summed E-state index contributed by atoms with van der Waals surface area (Å²) in [6, 6.07) is 2.72. The molecule has 1 rings (SSSR count). The number of hydrogen-bond donors (Lipinski definition) is 0. The largest absolute Gasteiger partial charge is 0.462 e. The molecular formula is C46H78O8. The SMILES string of the molecule is CC(CCOC(=O)c1ccc(C(=O)OCCC(C)CC(C)(C)C)c(C(=O)OCCC(C)CC(C)(C)C)c1C(=O)OCCC(C)CC(C)(C)C)CC(C)(C)C. The Morgan fingerprint density at radius 3 is 0.815 bits per heavy atom. The minimum absolute atomic E-state index is 0.0774. The fourth-order valence-electron chi connectivity index (χ4n) is 7.67. The molecule has 0 aliphatic heterocycles. The second kappa shape index (κ2) is 21.4. The van der Waals surface area contributed by atoms with Gasteiger partial charge in [0.1, 0.15) is 0 Å². The summed E-state index contributed by atoms with van der Waals surface area (Å²) in [4.78, 5) is 55.6. The fourth-order valence-corrected chi connectivity index (χ4v) is 7.67. The van der Waals surface area contributed by atoms with Crippen LogP contribution in [0.5, 0.6) is 0 Å². The van der Waals surface area contributed by atoms with E-state index in [1.165, 1.54) is 12.1 Å². The van der Waals surface area contributed by atoms with Crippen molar-refractivity contribution in [1.82, 2.24) is 0 Å². The van der Waals surface area contributed by atoms with E-state index in [0.717, 1.165) is 25.7 Å². The molecule has 8 nitrogen and oxygen atoms in total. The Morgan fingerprint density at radius 2 is 0.611 bits per heavy atom. The van der Waals surface area contributed by atoms with Crippen molar-refractivity contribution in [1.29, 1.82) is 0 Å². The van der Waals surface area contributed by atoms with Crippen LogP contribution < -0.4 is 0 Å². The second-order valence-electron chi connectivity index (χ2n) is 21.1. The van der Waals surface area contributed by atoms with Crippen molar-refractivity contribution in [3.8, 4) is 0 Å². The lowest BCUT2D eigenvalue weighted by Crippen LogP contribution is -2.25. The molecule has 0 heterocycles. The van der Waals surface area contributed by atoms with E-state index in [4.69, 9.17) is 18.9 Å². The van der Waals surface area contributed by atoms with Gasteiger partial charge in [0.05, 0.1) is 48.7 Å². The fraction of sp³-hybridized carbons (Fsp3) is 0.783. The number of carbonyl (C=O) groups is 4. The number of hydrogen-bond acceptors (Lipinski definition) is 8. The summed E-state index contributed by atoms with van der Waals surface area (Å²) in [6.07, 6.45) is 6.20. The smallest absolute Gasteiger partial charge is 0.339 e. The quantitative estimate of drug-likeness (QED) is 0.0956. The number of benzene rings is 1. The maximum absolute atomic E-state index is 14.1. The van der Waals surface area contributed by atoms with Gasteiger partial charge in [-0.3, -0.25) is 0 Å². The van der Waals surface area contributed by atoms with Crippen molar-refractivity contribution in [3.63, 3.8) is 0 Å². The molecular weight excluding hydrogens is 680 g/mol. The van der Waals surface area contributed by atoms with E-state index in [9.17, 15) is 19.2 Å². The van der Waals surface area contributed by atoms with Crippen molar-refractivity contribution >= 4 is 23.9 Å². The first kappa shape index (κ1) is 49.1. The topological polar surface area (TPSA) is 105 Å². The average molecular weight is 759 g/mol. The zero-order valence-electron chi connectivity index (χ0n) is 37.2. The highest BCUT2D eigenvalue weighted by Gasteiger charge is 2.33. The zero-order valence-corrected chi connectivity index (χ0v) is 37.2. The number of rotatable bonds is 20. The normalized spacial score (nSPS) is 14.8. The van der Waals surface area contributed by atoms with Gasteiger partial charge in [0.2, 0.25) is 0 Å². The van der Waals surface area contributed by atoms with Crippen LogP contribution in [0.25, 0.3) is 0 Å². The monoisotopic (exact) mass is 759 g/mol. The van der Waals surface area contributed by atoms with Gasteiger partial charge in [-0.1, -0.05) is 111 Å². The molecule has 0 aliphatic rings. The zero-order chi connectivity index (χ0) is 41.7. The Morgan fingerprint density at radius 1 is 0.407 bits per heavy atom. The van der Waals surface area contributed by atoms with Crippen LogP contribution in [0.3, 0.4) is 0 Å². The molecule has 0 saturated carbocycles. The highest BCUT2D eigenvalue weighted by Crippen LogP contribution is 2.30. The van der Waals surface area contributed by atoms with E-state index < -0.39 is 23.9 Å². The maximum Gasteiger partial charge on any atom is 0.339 e. The Bertz CT molecular complexity index is 1250. The molecule has 0 aromatic heterocycles. The molecule has 4 atom stereocenters. The Kier molecular flexibility index (Phi) is 19.5. The number of carbonyl (C=O) groups excluding carboxylic acids is 4. The van der Waals surface area contributed by atoms with Crippen LogP contribution in [-0.2, 0) is 18.9 Å². The summed E-state index contributed by atoms with van der Waals surface area (Å²) >= 11 is 0. The molecule has 1 aromatic rings. The Labute approximate surface area is 329 Å². The number of ether oxygens (including phenoxy) is 4. The summed E-state index contributed by atoms with van der Waals surface area (Å²) in [5.74, 6) is -2.18. The van der Waals surface area contributed by atoms with Gasteiger partial charge in [0, 0.05) is 0 Å². The van der Waals surface area contributed by atoms with Gasteiger partial charge < -0.3 is 18.9 Å². The van der Waals surface area contributed by atoms with Crippen LogP contribution in [0.1, 0.15) is 204 Å². The molecule has 0 radical (unpaired) electrons. The van der Waals surface area contributed by atoms with Crippen molar-refractivity contribution in [3.05, 3.63) is 34.4 Å². The first-order valence-electron chi connectivity index (χ1n) is 20.4. The van der Waals surface area contributed by atoms with Crippen molar-refractivity contribution in [2.24, 2.45) is 45.3 Å². The number of esters is 4. The highest BCUT2D eigenvalue weighted by molar-refractivity contribution is 6.15. The predicted octanol–water partition coefficient (Wildman–Crippen LogP) is 12.2. The first-order valence-corrected chi connectivity index (χ1v) is 20.4. The minimum Gasteiger partial charge on any atom is -0.462 e. The van der Waals surface area contributed by atoms with Gasteiger partial charge >= 0.3 is 23.9 Å². The molecule has 0 saturated heterocycles. The molecule has 0 fully saturated rings. The van der Waals surface area contributed by atoms with Crippen LogP contribution in [-0.4, -0.2) is 50.3 Å². The molecule has 310 valence electrons. The molecule has 54 heavy (non-hydrogen) atoms. The molecule has 1 aromatic carbocycles. The van der Waals surface area contributed by atoms with Crippen LogP contribution in [0, 0.1) is 45.3 Å². The predicted molar refractivity (Wildman–Crippen MR) is 219 cm³/mol. The van der Waals surface area contributed by atoms with Gasteiger partial charge in [0.25, 0.3) is 0 Å². The lowest BCUT2D eigenvalue weighted by Gasteiger charge is -2.24. The first-order chi connectivity index (χ1) is 24.6. The van der Waals surface area contributed by atoms with Gasteiger partial charge in [-0.05, 0) is 109 Å². The van der Waals surface area contributed by atoms with E-state index in [1.807, 2.05) is 0 Å². The molecule has 0 N–H and O–H groups in total. The Balaban J connectivity index is 3.59. The standard InChI is InChI=1S/C46H78O8/c1-31(27-43(5,6)7)19-23-51-39(47)35-17-18-36(40(48)52-24-20-32(2)28-44(8,9)10)38(42(50)54-26-22-34(4)30-46(14,15)16)37(35)41(49)53-25-21-33(3)29-45(11,12)13/h17-18,31-34H,19-30H2,1-16H3. The van der Waals surface area contributed by atoms with Crippen LogP contribution >= 0.6 is 0 Å². The van der Waals surface area contributed by atoms with Gasteiger partial charge in [-0.25, -0.2) is 19.2 Å². The van der Waals surface area contributed by atoms with Crippen LogP contribution in [0.2, 0.25) is 0 Å². The van der Waals surface area contributed by atoms with Gasteiger partial charge in [0.15, 0.2) is 0 Å². The molecule has 8 heteroatoms. The van der Waals surface area contributed by atoms with E-state index in [2.05, 4.69) is 111 Å². The lowest BCUT2D eigenvalue weighted by atomic mass is 9.84.